The van der Waals surface area contributed by atoms with Crippen molar-refractivity contribution in [2.45, 2.75) is 59.8 Å². The van der Waals surface area contributed by atoms with Gasteiger partial charge < -0.3 is 10.2 Å². The predicted molar refractivity (Wildman–Crippen MR) is 118 cm³/mol. The van der Waals surface area contributed by atoms with Gasteiger partial charge >= 0.3 is 11.9 Å². The van der Waals surface area contributed by atoms with Gasteiger partial charge in [0.15, 0.2) is 0 Å². The maximum absolute atomic E-state index is 10.6. The first-order valence-corrected chi connectivity index (χ1v) is 9.70. The third kappa shape index (κ3) is 14.5. The average molecular weight is 389 g/mol. The first-order valence-electron chi connectivity index (χ1n) is 9.70. The summed E-state index contributed by atoms with van der Waals surface area (Å²) in [7, 11) is 0. The first-order chi connectivity index (χ1) is 13.2. The Morgan fingerprint density at radius 2 is 1.64 bits per heavy atom. The zero-order valence-corrected chi connectivity index (χ0v) is 17.8. The molecule has 1 rings (SSSR count). The largest absolute Gasteiger partial charge is 0.478 e. The van der Waals surface area contributed by atoms with E-state index in [1.807, 2.05) is 43.3 Å². The summed E-state index contributed by atoms with van der Waals surface area (Å²) in [5.41, 5.74) is 1.94. The number of carboxylic acid groups (broad SMARTS) is 2. The van der Waals surface area contributed by atoms with Crippen LogP contribution in [0.1, 0.15) is 65.4 Å². The van der Waals surface area contributed by atoms with Crippen molar-refractivity contribution in [1.29, 1.82) is 0 Å². The van der Waals surface area contributed by atoms with Crippen LogP contribution in [0.15, 0.2) is 60.7 Å². The van der Waals surface area contributed by atoms with Crippen LogP contribution in [0.2, 0.25) is 0 Å². The molecule has 0 aliphatic rings. The number of benzene rings is 1. The van der Waals surface area contributed by atoms with E-state index in [9.17, 15) is 9.59 Å². The first kappa shape index (κ1) is 27.6. The Kier molecular flexibility index (Phi) is 17.5. The van der Waals surface area contributed by atoms with Crippen LogP contribution in [0.3, 0.4) is 0 Å². The van der Waals surface area contributed by atoms with Gasteiger partial charge in [-0.2, -0.15) is 0 Å². The molecular formula is C24H36O4. The van der Waals surface area contributed by atoms with E-state index < -0.39 is 11.9 Å². The Balaban J connectivity index is 0. The van der Waals surface area contributed by atoms with E-state index in [1.165, 1.54) is 18.4 Å². The minimum absolute atomic E-state index is 0.170. The van der Waals surface area contributed by atoms with Gasteiger partial charge in [0.1, 0.15) is 0 Å². The van der Waals surface area contributed by atoms with Gasteiger partial charge in [0.2, 0.25) is 0 Å². The number of hydrogen-bond acceptors (Lipinski definition) is 2. The zero-order valence-electron chi connectivity index (χ0n) is 17.8. The Labute approximate surface area is 170 Å². The van der Waals surface area contributed by atoms with Crippen LogP contribution >= 0.6 is 0 Å². The van der Waals surface area contributed by atoms with E-state index in [0.29, 0.717) is 11.1 Å². The molecule has 4 nitrogen and oxygen atoms in total. The summed E-state index contributed by atoms with van der Waals surface area (Å²) < 4.78 is 0. The number of aliphatic carboxylic acids is 2. The number of rotatable bonds is 9. The van der Waals surface area contributed by atoms with E-state index in [2.05, 4.69) is 20.1 Å². The minimum atomic E-state index is -0.845. The molecule has 28 heavy (non-hydrogen) atoms. The van der Waals surface area contributed by atoms with Gasteiger partial charge in [-0.3, -0.25) is 0 Å². The van der Waals surface area contributed by atoms with Crippen LogP contribution in [0.25, 0.3) is 6.08 Å². The van der Waals surface area contributed by atoms with Crippen molar-refractivity contribution in [3.05, 3.63) is 66.3 Å². The molecule has 0 aliphatic heterocycles. The lowest BCUT2D eigenvalue weighted by Gasteiger charge is -2.13. The highest BCUT2D eigenvalue weighted by molar-refractivity contribution is 5.86. The molecule has 1 unspecified atom stereocenters. The van der Waals surface area contributed by atoms with Crippen molar-refractivity contribution >= 4 is 18.0 Å². The zero-order chi connectivity index (χ0) is 21.9. The van der Waals surface area contributed by atoms with Crippen LogP contribution in [-0.4, -0.2) is 22.2 Å². The molecule has 0 fully saturated rings. The molecule has 0 spiro atoms. The summed E-state index contributed by atoms with van der Waals surface area (Å²) in [6.45, 7) is 14.7. The normalized spacial score (nSPS) is 11.1. The van der Waals surface area contributed by atoms with Gasteiger partial charge in [0, 0.05) is 11.1 Å². The van der Waals surface area contributed by atoms with E-state index >= 15 is 0 Å². The predicted octanol–water partition coefficient (Wildman–Crippen LogP) is 6.60. The lowest BCUT2D eigenvalue weighted by Crippen LogP contribution is -2.10. The highest BCUT2D eigenvalue weighted by Gasteiger charge is 2.15. The van der Waals surface area contributed by atoms with Gasteiger partial charge in [-0.15, -0.1) is 0 Å². The highest BCUT2D eigenvalue weighted by atomic mass is 16.4. The molecule has 4 heteroatoms. The summed E-state index contributed by atoms with van der Waals surface area (Å²) in [5, 5.41) is 16.9. The molecular weight excluding hydrogens is 352 g/mol. The summed E-state index contributed by atoms with van der Waals surface area (Å²) >= 11 is 0. The third-order valence-corrected chi connectivity index (χ3v) is 4.22. The molecule has 156 valence electrons. The Hall–Kier alpha value is -2.62. The molecule has 0 aliphatic carbocycles. The van der Waals surface area contributed by atoms with Crippen LogP contribution in [0.5, 0.6) is 0 Å². The van der Waals surface area contributed by atoms with Crippen molar-refractivity contribution in [2.75, 3.05) is 0 Å². The van der Waals surface area contributed by atoms with Crippen LogP contribution in [0, 0.1) is 5.92 Å². The number of carbonyl (C=O) groups is 2. The summed E-state index contributed by atoms with van der Waals surface area (Å²) in [6.07, 6.45) is 8.72. The second kappa shape index (κ2) is 17.8. The SMILES string of the molecule is C/C=C(\C)C(=O)O.C=C(C(=O)O)C(CC)CCCCC.C=Cc1ccccc1. The number of carboxylic acids is 2. The maximum Gasteiger partial charge on any atom is 0.331 e. The molecule has 0 saturated carbocycles. The second-order valence-electron chi connectivity index (χ2n) is 6.32. The number of unbranched alkanes of at least 4 members (excludes halogenated alkanes) is 2. The Bertz CT molecular complexity index is 615. The van der Waals surface area contributed by atoms with Gasteiger partial charge in [-0.1, -0.05) is 88.8 Å². The molecule has 2 N–H and O–H groups in total. The fourth-order valence-corrected chi connectivity index (χ4v) is 2.15. The average Bonchev–Trinajstić information content (AvgIpc) is 2.71. The maximum atomic E-state index is 10.6. The summed E-state index contributed by atoms with van der Waals surface area (Å²) in [6, 6.07) is 10.0. The van der Waals surface area contributed by atoms with Gasteiger partial charge in [-0.05, 0) is 38.2 Å². The fourth-order valence-electron chi connectivity index (χ4n) is 2.15. The lowest BCUT2D eigenvalue weighted by atomic mass is 9.92. The molecule has 1 atom stereocenters. The van der Waals surface area contributed by atoms with E-state index in [0.717, 1.165) is 19.3 Å². The summed E-state index contributed by atoms with van der Waals surface area (Å²) in [4.78, 5) is 20.5. The van der Waals surface area contributed by atoms with E-state index in [1.54, 1.807) is 19.9 Å². The molecule has 0 aromatic heterocycles. The van der Waals surface area contributed by atoms with Crippen molar-refractivity contribution in [3.8, 4) is 0 Å². The quantitative estimate of drug-likeness (QED) is 0.369. The molecule has 1 aromatic rings. The van der Waals surface area contributed by atoms with E-state index in [-0.39, 0.29) is 5.92 Å². The molecule has 0 heterocycles. The number of allylic oxidation sites excluding steroid dienone is 1. The molecule has 0 bridgehead atoms. The standard InChI is InChI=1S/C11H20O2.C8H8.C5H8O2/c1-4-6-7-8-10(5-2)9(3)11(12)13;1-2-8-6-4-3-5-7-8;1-3-4(2)5(6)7/h10H,3-8H2,1-2H3,(H,12,13);2-7H,1H2;3H,1-2H3,(H,6,7)/b;;4-3+. The van der Waals surface area contributed by atoms with Crippen molar-refractivity contribution < 1.29 is 19.8 Å². The Morgan fingerprint density at radius 3 is 1.93 bits per heavy atom. The minimum Gasteiger partial charge on any atom is -0.478 e. The van der Waals surface area contributed by atoms with Crippen LogP contribution in [-0.2, 0) is 9.59 Å². The molecule has 0 amide bonds. The van der Waals surface area contributed by atoms with Gasteiger partial charge in [0.05, 0.1) is 0 Å². The molecule has 0 saturated heterocycles. The van der Waals surface area contributed by atoms with E-state index in [4.69, 9.17) is 10.2 Å². The fraction of sp³-hybridized carbons (Fsp3) is 0.417. The van der Waals surface area contributed by atoms with Crippen LogP contribution in [0.4, 0.5) is 0 Å². The van der Waals surface area contributed by atoms with Crippen molar-refractivity contribution in [2.24, 2.45) is 5.92 Å². The van der Waals surface area contributed by atoms with Crippen LogP contribution < -0.4 is 0 Å². The third-order valence-electron chi connectivity index (χ3n) is 4.22. The van der Waals surface area contributed by atoms with Crippen molar-refractivity contribution in [1.82, 2.24) is 0 Å². The van der Waals surface area contributed by atoms with Crippen molar-refractivity contribution in [3.63, 3.8) is 0 Å². The van der Waals surface area contributed by atoms with Gasteiger partial charge in [0.25, 0.3) is 0 Å². The van der Waals surface area contributed by atoms with Gasteiger partial charge in [-0.25, -0.2) is 9.59 Å². The lowest BCUT2D eigenvalue weighted by molar-refractivity contribution is -0.134. The Morgan fingerprint density at radius 1 is 1.07 bits per heavy atom. The topological polar surface area (TPSA) is 74.6 Å². The monoisotopic (exact) mass is 388 g/mol. The second-order valence-corrected chi connectivity index (χ2v) is 6.32. The smallest absolute Gasteiger partial charge is 0.331 e. The summed E-state index contributed by atoms with van der Waals surface area (Å²) in [5.74, 6) is -1.52. The highest BCUT2D eigenvalue weighted by Crippen LogP contribution is 2.20. The number of hydrogen-bond donors (Lipinski definition) is 2. The molecule has 1 aromatic carbocycles. The molecule has 0 radical (unpaired) electrons.